The topological polar surface area (TPSA) is 105 Å². The van der Waals surface area contributed by atoms with E-state index < -0.39 is 5.97 Å². The number of aryl methyl sites for hydroxylation is 2. The number of ether oxygens (including phenoxy) is 1. The van der Waals surface area contributed by atoms with Crippen molar-refractivity contribution in [3.8, 4) is 5.75 Å². The lowest BCUT2D eigenvalue weighted by atomic mass is 9.87. The van der Waals surface area contributed by atoms with Gasteiger partial charge in [-0.1, -0.05) is 19.1 Å². The maximum Gasteiger partial charge on any atom is 0.306 e. The Kier molecular flexibility index (Phi) is 8.46. The van der Waals surface area contributed by atoms with E-state index in [-0.39, 0.29) is 23.8 Å². The average Bonchev–Trinajstić information content (AvgIpc) is 2.82. The van der Waals surface area contributed by atoms with Gasteiger partial charge in [-0.15, -0.1) is 0 Å². The predicted molar refractivity (Wildman–Crippen MR) is 126 cm³/mol. The molecular weight excluding hydrogens is 420 g/mol. The second-order valence-electron chi connectivity index (χ2n) is 8.47. The van der Waals surface area contributed by atoms with E-state index in [0.29, 0.717) is 55.6 Å². The molecule has 0 spiro atoms. The zero-order chi connectivity index (χ0) is 23.8. The predicted octanol–water partition coefficient (Wildman–Crippen LogP) is 3.74. The van der Waals surface area contributed by atoms with Gasteiger partial charge in [-0.25, -0.2) is 0 Å². The Bertz CT molecular complexity index is 979. The van der Waals surface area contributed by atoms with Gasteiger partial charge in [-0.2, -0.15) is 0 Å². The maximum absolute atomic E-state index is 12.5. The molecule has 7 heteroatoms. The van der Waals surface area contributed by atoms with Crippen LogP contribution in [-0.4, -0.2) is 42.1 Å². The lowest BCUT2D eigenvalue weighted by molar-refractivity contribution is -0.143. The van der Waals surface area contributed by atoms with E-state index >= 15 is 0 Å². The van der Waals surface area contributed by atoms with Crippen molar-refractivity contribution in [3.05, 3.63) is 64.7 Å². The van der Waals surface area contributed by atoms with E-state index in [0.717, 1.165) is 12.0 Å². The maximum atomic E-state index is 12.5. The molecule has 0 aromatic heterocycles. The Hall–Kier alpha value is -3.35. The molecule has 2 aromatic rings. The molecule has 7 nitrogen and oxygen atoms in total. The lowest BCUT2D eigenvalue weighted by Crippen LogP contribution is -2.35. The Balaban J connectivity index is 1.43. The van der Waals surface area contributed by atoms with E-state index in [1.54, 1.807) is 24.3 Å². The number of hydrogen-bond donors (Lipinski definition) is 3. The van der Waals surface area contributed by atoms with Crippen LogP contribution in [0.2, 0.25) is 0 Å². The van der Waals surface area contributed by atoms with Crippen LogP contribution in [0.15, 0.2) is 42.5 Å². The summed E-state index contributed by atoms with van der Waals surface area (Å²) in [6.07, 6.45) is 3.61. The summed E-state index contributed by atoms with van der Waals surface area (Å²) in [4.78, 5) is 35.8. The first kappa shape index (κ1) is 24.3. The fourth-order valence-corrected chi connectivity index (χ4v) is 4.03. The zero-order valence-corrected chi connectivity index (χ0v) is 19.2. The first-order valence-corrected chi connectivity index (χ1v) is 11.5. The highest BCUT2D eigenvalue weighted by molar-refractivity contribution is 5.96. The molecule has 0 atom stereocenters. The summed E-state index contributed by atoms with van der Waals surface area (Å²) in [5.41, 5.74) is 3.13. The van der Waals surface area contributed by atoms with Gasteiger partial charge in [-0.05, 0) is 80.5 Å². The molecular formula is C26H32N2O5. The highest BCUT2D eigenvalue weighted by Crippen LogP contribution is 2.28. The summed E-state index contributed by atoms with van der Waals surface area (Å²) >= 11 is 0. The van der Waals surface area contributed by atoms with E-state index in [2.05, 4.69) is 17.6 Å². The van der Waals surface area contributed by atoms with Gasteiger partial charge in [0.1, 0.15) is 5.75 Å². The smallest absolute Gasteiger partial charge is 0.306 e. The van der Waals surface area contributed by atoms with Crippen molar-refractivity contribution < 1.29 is 24.2 Å². The van der Waals surface area contributed by atoms with Crippen molar-refractivity contribution in [2.24, 2.45) is 5.92 Å². The van der Waals surface area contributed by atoms with Gasteiger partial charge in [0.05, 0.1) is 12.0 Å². The molecule has 0 radical (unpaired) electrons. The molecule has 3 N–H and O–H groups in total. The number of aliphatic carboxylic acids is 1. The molecule has 2 amide bonds. The van der Waals surface area contributed by atoms with Crippen molar-refractivity contribution in [2.75, 3.05) is 13.1 Å². The third-order valence-electron chi connectivity index (χ3n) is 6.09. The van der Waals surface area contributed by atoms with Crippen LogP contribution < -0.4 is 15.4 Å². The molecule has 1 aliphatic carbocycles. The van der Waals surface area contributed by atoms with Gasteiger partial charge in [0.2, 0.25) is 0 Å². The molecule has 3 rings (SSSR count). The molecule has 0 unspecified atom stereocenters. The van der Waals surface area contributed by atoms with Crippen LogP contribution in [0.1, 0.15) is 64.4 Å². The van der Waals surface area contributed by atoms with Crippen molar-refractivity contribution in [1.29, 1.82) is 0 Å². The summed E-state index contributed by atoms with van der Waals surface area (Å²) in [6, 6.07) is 12.8. The van der Waals surface area contributed by atoms with Crippen molar-refractivity contribution in [2.45, 2.75) is 52.1 Å². The molecule has 1 saturated carbocycles. The number of benzene rings is 2. The Morgan fingerprint density at radius 3 is 2.15 bits per heavy atom. The molecule has 0 heterocycles. The molecule has 1 fully saturated rings. The standard InChI is InChI=1S/C26H32N2O5/c1-3-18-4-6-19(7-5-18)24(29)27-14-15-28-25(30)23-13-12-22(16-17(23)2)33-21-10-8-20(9-11-21)26(31)32/h4-7,12-13,16,20-21H,3,8-11,14-15H2,1-2H3,(H,27,29)(H,28,30)(H,31,32). The number of rotatable bonds is 9. The monoisotopic (exact) mass is 452 g/mol. The molecule has 33 heavy (non-hydrogen) atoms. The SMILES string of the molecule is CCc1ccc(C(=O)NCCNC(=O)c2ccc(OC3CCC(C(=O)O)CC3)cc2C)cc1. The number of nitrogens with one attached hydrogen (secondary N) is 2. The summed E-state index contributed by atoms with van der Waals surface area (Å²) < 4.78 is 6.01. The molecule has 0 saturated heterocycles. The van der Waals surface area contributed by atoms with E-state index in [4.69, 9.17) is 9.84 Å². The van der Waals surface area contributed by atoms with Gasteiger partial charge < -0.3 is 20.5 Å². The van der Waals surface area contributed by atoms with Crippen LogP contribution in [0.4, 0.5) is 0 Å². The summed E-state index contributed by atoms with van der Waals surface area (Å²) in [7, 11) is 0. The van der Waals surface area contributed by atoms with Gasteiger partial charge in [-0.3, -0.25) is 14.4 Å². The van der Waals surface area contributed by atoms with Crippen LogP contribution >= 0.6 is 0 Å². The Morgan fingerprint density at radius 1 is 0.939 bits per heavy atom. The fourth-order valence-electron chi connectivity index (χ4n) is 4.03. The van der Waals surface area contributed by atoms with Gasteiger partial charge >= 0.3 is 5.97 Å². The second-order valence-corrected chi connectivity index (χ2v) is 8.47. The van der Waals surface area contributed by atoms with Gasteiger partial charge in [0.25, 0.3) is 11.8 Å². The third kappa shape index (κ3) is 6.81. The zero-order valence-electron chi connectivity index (χ0n) is 19.2. The molecule has 1 aliphatic rings. The minimum Gasteiger partial charge on any atom is -0.490 e. The number of amides is 2. The van der Waals surface area contributed by atoms with Crippen molar-refractivity contribution in [3.63, 3.8) is 0 Å². The third-order valence-corrected chi connectivity index (χ3v) is 6.09. The molecule has 2 aromatic carbocycles. The average molecular weight is 453 g/mol. The normalized spacial score (nSPS) is 17.8. The summed E-state index contributed by atoms with van der Waals surface area (Å²) in [5.74, 6) is -0.692. The van der Waals surface area contributed by atoms with E-state index in [1.165, 1.54) is 5.56 Å². The summed E-state index contributed by atoms with van der Waals surface area (Å²) in [5, 5.41) is 14.8. The number of carbonyl (C=O) groups is 3. The molecule has 0 bridgehead atoms. The summed E-state index contributed by atoms with van der Waals surface area (Å²) in [6.45, 7) is 4.57. The lowest BCUT2D eigenvalue weighted by Gasteiger charge is -2.27. The van der Waals surface area contributed by atoms with Gasteiger partial charge in [0.15, 0.2) is 0 Å². The molecule has 0 aliphatic heterocycles. The van der Waals surface area contributed by atoms with Crippen molar-refractivity contribution in [1.82, 2.24) is 10.6 Å². The van der Waals surface area contributed by atoms with E-state index in [9.17, 15) is 14.4 Å². The van der Waals surface area contributed by atoms with Crippen molar-refractivity contribution >= 4 is 17.8 Å². The Morgan fingerprint density at radius 2 is 1.58 bits per heavy atom. The van der Waals surface area contributed by atoms with Crippen LogP contribution in [0.3, 0.4) is 0 Å². The number of carboxylic acids is 1. The quantitative estimate of drug-likeness (QED) is 0.503. The van der Waals surface area contributed by atoms with Gasteiger partial charge in [0, 0.05) is 24.2 Å². The largest absolute Gasteiger partial charge is 0.490 e. The first-order valence-electron chi connectivity index (χ1n) is 11.5. The van der Waals surface area contributed by atoms with Crippen LogP contribution in [0.5, 0.6) is 5.75 Å². The van der Waals surface area contributed by atoms with Crippen LogP contribution in [0.25, 0.3) is 0 Å². The highest BCUT2D eigenvalue weighted by Gasteiger charge is 2.27. The second kappa shape index (κ2) is 11.5. The highest BCUT2D eigenvalue weighted by atomic mass is 16.5. The van der Waals surface area contributed by atoms with Crippen LogP contribution in [-0.2, 0) is 11.2 Å². The number of carboxylic acid groups (broad SMARTS) is 1. The first-order chi connectivity index (χ1) is 15.9. The minimum absolute atomic E-state index is 0.00136. The van der Waals surface area contributed by atoms with E-state index in [1.807, 2.05) is 25.1 Å². The molecule has 176 valence electrons. The van der Waals surface area contributed by atoms with Crippen LogP contribution in [0, 0.1) is 12.8 Å². The number of carbonyl (C=O) groups excluding carboxylic acids is 2. The number of hydrogen-bond acceptors (Lipinski definition) is 4. The Labute approximate surface area is 194 Å². The fraction of sp³-hybridized carbons (Fsp3) is 0.423. The minimum atomic E-state index is -0.732.